The van der Waals surface area contributed by atoms with Crippen molar-refractivity contribution in [2.75, 3.05) is 0 Å². The molecule has 0 aliphatic carbocycles. The molecule has 0 saturated carbocycles. The summed E-state index contributed by atoms with van der Waals surface area (Å²) in [6.45, 7) is 12.6. The Kier molecular flexibility index (Phi) is 11.1. The summed E-state index contributed by atoms with van der Waals surface area (Å²) in [7, 11) is -0.298. The fourth-order valence-corrected chi connectivity index (χ4v) is 9.78. The molecule has 0 atom stereocenters. The minimum atomic E-state index is -0.302. The molecule has 0 spiro atoms. The SMILES string of the molecule is CC1(C)OB(c2ccc3sc4ccccc4c3c2)OC1(C)C.Cc1cc(Br)ccc1-c1ccc2sc3ccccc3c2c1.Cc1cc(Br)ccc1I. The maximum Gasteiger partial charge on any atom is 0.494 e. The van der Waals surface area contributed by atoms with Crippen LogP contribution in [0.1, 0.15) is 38.8 Å². The zero-order valence-electron chi connectivity index (χ0n) is 29.9. The Morgan fingerprint density at radius 1 is 0.538 bits per heavy atom. The van der Waals surface area contributed by atoms with Crippen LogP contribution in [0.5, 0.6) is 0 Å². The molecule has 1 aliphatic heterocycles. The van der Waals surface area contributed by atoms with E-state index in [0.29, 0.717) is 0 Å². The fourth-order valence-electron chi connectivity index (χ4n) is 6.32. The molecule has 0 radical (unpaired) electrons. The highest BCUT2D eigenvalue weighted by atomic mass is 127. The summed E-state index contributed by atoms with van der Waals surface area (Å²) in [6.07, 6.45) is 0. The summed E-state index contributed by atoms with van der Waals surface area (Å²) >= 11 is 12.9. The van der Waals surface area contributed by atoms with Crippen molar-refractivity contribution in [3.8, 4) is 11.1 Å². The van der Waals surface area contributed by atoms with Gasteiger partial charge in [-0.3, -0.25) is 0 Å². The number of benzene rings is 6. The number of rotatable bonds is 2. The number of halogens is 3. The number of hydrogen-bond acceptors (Lipinski definition) is 4. The number of fused-ring (bicyclic) bond motifs is 6. The van der Waals surface area contributed by atoms with Crippen molar-refractivity contribution < 1.29 is 9.31 Å². The van der Waals surface area contributed by atoms with Gasteiger partial charge in [0.2, 0.25) is 0 Å². The highest BCUT2D eigenvalue weighted by molar-refractivity contribution is 14.1. The Labute approximate surface area is 345 Å². The summed E-state index contributed by atoms with van der Waals surface area (Å²) in [5, 5.41) is 5.30. The molecule has 0 bridgehead atoms. The van der Waals surface area contributed by atoms with E-state index in [1.54, 1.807) is 0 Å². The molecule has 1 aliphatic rings. The zero-order chi connectivity index (χ0) is 36.8. The van der Waals surface area contributed by atoms with Crippen LogP contribution in [-0.4, -0.2) is 18.3 Å². The Morgan fingerprint density at radius 2 is 1.04 bits per heavy atom. The molecule has 2 aromatic heterocycles. The van der Waals surface area contributed by atoms with Gasteiger partial charge in [-0.1, -0.05) is 92.5 Å². The van der Waals surface area contributed by atoms with Gasteiger partial charge in [0.1, 0.15) is 0 Å². The maximum atomic E-state index is 6.17. The first-order valence-electron chi connectivity index (χ1n) is 17.2. The largest absolute Gasteiger partial charge is 0.494 e. The summed E-state index contributed by atoms with van der Waals surface area (Å²) in [6, 6.07) is 43.2. The van der Waals surface area contributed by atoms with Crippen LogP contribution < -0.4 is 5.46 Å². The van der Waals surface area contributed by atoms with Gasteiger partial charge in [-0.2, -0.15) is 0 Å². The lowest BCUT2D eigenvalue weighted by Gasteiger charge is -2.32. The molecular formula is C44H38BBr2IO2S2. The standard InChI is InChI=1S/C19H13BrS.C18H19BO2S.C7H6BrI/c1-12-10-14(20)7-8-15(12)13-6-9-19-17(11-13)16-4-2-3-5-18(16)21-19;1-17(2)18(3,4)21-19(20-17)12-9-10-16-14(11-12)13-7-5-6-8-15(13)22-16;1-5-4-6(8)2-3-7(5)9/h2-11H,1H3;5-11H,1-4H3;2-4H,1H3. The normalized spacial score (nSPS) is 14.8. The molecule has 8 heteroatoms. The van der Waals surface area contributed by atoms with Crippen molar-refractivity contribution in [2.45, 2.75) is 52.7 Å². The van der Waals surface area contributed by atoms with E-state index in [2.05, 4.69) is 217 Å². The van der Waals surface area contributed by atoms with Gasteiger partial charge < -0.3 is 9.31 Å². The molecule has 0 N–H and O–H groups in total. The third kappa shape index (κ3) is 7.81. The zero-order valence-corrected chi connectivity index (χ0v) is 36.9. The Bertz CT molecular complexity index is 2560. The maximum absolute atomic E-state index is 6.17. The van der Waals surface area contributed by atoms with Crippen molar-refractivity contribution in [1.82, 2.24) is 0 Å². The summed E-state index contributed by atoms with van der Waals surface area (Å²) in [5.41, 5.74) is 5.70. The smallest absolute Gasteiger partial charge is 0.399 e. The van der Waals surface area contributed by atoms with Crippen molar-refractivity contribution in [3.63, 3.8) is 0 Å². The first kappa shape index (κ1) is 37.7. The molecular weight excluding hydrogens is 922 g/mol. The Balaban J connectivity index is 0.000000132. The summed E-state index contributed by atoms with van der Waals surface area (Å²) in [5.74, 6) is 0. The van der Waals surface area contributed by atoms with Crippen molar-refractivity contribution in [3.05, 3.63) is 145 Å². The Hall–Kier alpha value is -2.57. The van der Waals surface area contributed by atoms with Crippen LogP contribution >= 0.6 is 77.1 Å². The second kappa shape index (κ2) is 15.3. The van der Waals surface area contributed by atoms with E-state index in [9.17, 15) is 0 Å². The van der Waals surface area contributed by atoms with Gasteiger partial charge in [-0.05, 0) is 158 Å². The second-order valence-corrected chi connectivity index (χ2v) is 19.3. The monoisotopic (exact) mass is 958 g/mol. The lowest BCUT2D eigenvalue weighted by Crippen LogP contribution is -2.41. The summed E-state index contributed by atoms with van der Waals surface area (Å²) in [4.78, 5) is 0. The first-order chi connectivity index (χ1) is 24.8. The molecule has 1 saturated heterocycles. The van der Waals surface area contributed by atoms with Crippen LogP contribution in [0.3, 0.4) is 0 Å². The van der Waals surface area contributed by atoms with E-state index in [1.807, 2.05) is 22.7 Å². The lowest BCUT2D eigenvalue weighted by molar-refractivity contribution is 0.00578. The van der Waals surface area contributed by atoms with E-state index < -0.39 is 0 Å². The predicted molar refractivity (Wildman–Crippen MR) is 244 cm³/mol. The third-order valence-corrected chi connectivity index (χ3v) is 14.4. The van der Waals surface area contributed by atoms with E-state index in [4.69, 9.17) is 9.31 Å². The Morgan fingerprint density at radius 3 is 1.60 bits per heavy atom. The molecule has 0 amide bonds. The average Bonchev–Trinajstić information content (AvgIpc) is 3.74. The molecule has 262 valence electrons. The van der Waals surface area contributed by atoms with Crippen LogP contribution in [0, 0.1) is 17.4 Å². The molecule has 0 unspecified atom stereocenters. The van der Waals surface area contributed by atoms with E-state index >= 15 is 0 Å². The van der Waals surface area contributed by atoms with Gasteiger partial charge in [0, 0.05) is 47.5 Å². The predicted octanol–water partition coefficient (Wildman–Crippen LogP) is 14.5. The lowest BCUT2D eigenvalue weighted by atomic mass is 9.78. The average molecular weight is 960 g/mol. The van der Waals surface area contributed by atoms with Gasteiger partial charge in [0.15, 0.2) is 0 Å². The quantitative estimate of drug-likeness (QED) is 0.127. The first-order valence-corrected chi connectivity index (χ1v) is 21.5. The van der Waals surface area contributed by atoms with Crippen LogP contribution in [0.2, 0.25) is 0 Å². The molecule has 2 nitrogen and oxygen atoms in total. The van der Waals surface area contributed by atoms with E-state index in [-0.39, 0.29) is 18.3 Å². The molecule has 1 fully saturated rings. The van der Waals surface area contributed by atoms with Crippen LogP contribution in [-0.2, 0) is 9.31 Å². The number of thiophene rings is 2. The van der Waals surface area contributed by atoms with Gasteiger partial charge in [-0.15, -0.1) is 22.7 Å². The molecule has 8 aromatic rings. The minimum absolute atomic E-state index is 0.298. The van der Waals surface area contributed by atoms with Crippen LogP contribution in [0.4, 0.5) is 0 Å². The van der Waals surface area contributed by atoms with Crippen molar-refractivity contribution in [1.29, 1.82) is 0 Å². The molecule has 3 heterocycles. The van der Waals surface area contributed by atoms with Gasteiger partial charge in [-0.25, -0.2) is 0 Å². The number of hydrogen-bond donors (Lipinski definition) is 0. The van der Waals surface area contributed by atoms with Gasteiger partial charge in [0.25, 0.3) is 0 Å². The number of aryl methyl sites for hydroxylation is 2. The third-order valence-electron chi connectivity index (χ3n) is 9.92. The molecule has 52 heavy (non-hydrogen) atoms. The molecule has 6 aromatic carbocycles. The van der Waals surface area contributed by atoms with E-state index in [0.717, 1.165) is 14.4 Å². The van der Waals surface area contributed by atoms with Crippen molar-refractivity contribution >= 4 is 130 Å². The van der Waals surface area contributed by atoms with Crippen LogP contribution in [0.25, 0.3) is 51.5 Å². The van der Waals surface area contributed by atoms with Crippen molar-refractivity contribution in [2.24, 2.45) is 0 Å². The minimum Gasteiger partial charge on any atom is -0.399 e. The highest BCUT2D eigenvalue weighted by Crippen LogP contribution is 2.39. The fraction of sp³-hybridized carbons (Fsp3) is 0.182. The second-order valence-electron chi connectivity index (χ2n) is 14.1. The van der Waals surface area contributed by atoms with Gasteiger partial charge >= 0.3 is 7.12 Å². The topological polar surface area (TPSA) is 18.5 Å². The summed E-state index contributed by atoms with van der Waals surface area (Å²) < 4.78 is 21.3. The molecule has 9 rings (SSSR count). The highest BCUT2D eigenvalue weighted by Gasteiger charge is 2.51. The van der Waals surface area contributed by atoms with Gasteiger partial charge in [0.05, 0.1) is 11.2 Å². The van der Waals surface area contributed by atoms with Crippen LogP contribution in [0.15, 0.2) is 130 Å². The van der Waals surface area contributed by atoms with E-state index in [1.165, 1.54) is 66.2 Å².